The van der Waals surface area contributed by atoms with Crippen molar-refractivity contribution in [3.63, 3.8) is 0 Å². The molecule has 1 aliphatic heterocycles. The molecule has 36 heavy (non-hydrogen) atoms. The zero-order chi connectivity index (χ0) is 25.7. The lowest BCUT2D eigenvalue weighted by atomic mass is 10.0. The largest absolute Gasteiger partial charge is 0.497 e. The molecule has 1 atom stereocenters. The number of piperidine rings is 1. The SMILES string of the molecule is CCCc1cc(N2CCC(NCC(O)COc3ccc(OC)cc3)CC2)nc2sc(C(=O)O)c(N)c12. The number of carboxylic acids is 1. The highest BCUT2D eigenvalue weighted by molar-refractivity contribution is 7.21. The van der Waals surface area contributed by atoms with Crippen LogP contribution in [0.5, 0.6) is 11.5 Å². The minimum atomic E-state index is -1.01. The molecule has 1 fully saturated rings. The maximum absolute atomic E-state index is 11.6. The first-order chi connectivity index (χ1) is 17.4. The van der Waals surface area contributed by atoms with Gasteiger partial charge >= 0.3 is 5.97 Å². The number of benzene rings is 1. The molecule has 0 bridgehead atoms. The van der Waals surface area contributed by atoms with E-state index in [0.717, 1.165) is 72.6 Å². The molecule has 2 aromatic heterocycles. The Hall–Kier alpha value is -3.08. The first-order valence-corrected chi connectivity index (χ1v) is 13.1. The lowest BCUT2D eigenvalue weighted by Crippen LogP contribution is -2.45. The number of aliphatic hydroxyl groups excluding tert-OH is 1. The van der Waals surface area contributed by atoms with Gasteiger partial charge in [-0.25, -0.2) is 9.78 Å². The maximum atomic E-state index is 11.6. The smallest absolute Gasteiger partial charge is 0.348 e. The average molecular weight is 515 g/mol. The zero-order valence-corrected chi connectivity index (χ0v) is 21.5. The molecule has 3 aromatic rings. The molecule has 194 valence electrons. The quantitative estimate of drug-likeness (QED) is 0.303. The number of thiophene rings is 1. The van der Waals surface area contributed by atoms with Gasteiger partial charge in [0.05, 0.1) is 12.8 Å². The molecule has 5 N–H and O–H groups in total. The number of aliphatic hydroxyl groups is 1. The van der Waals surface area contributed by atoms with Gasteiger partial charge in [-0.1, -0.05) is 13.3 Å². The summed E-state index contributed by atoms with van der Waals surface area (Å²) in [5.41, 5.74) is 7.55. The maximum Gasteiger partial charge on any atom is 0.348 e. The summed E-state index contributed by atoms with van der Waals surface area (Å²) in [6.07, 6.45) is 2.98. The summed E-state index contributed by atoms with van der Waals surface area (Å²) in [6, 6.07) is 9.65. The van der Waals surface area contributed by atoms with Crippen LogP contribution in [0.25, 0.3) is 10.2 Å². The summed E-state index contributed by atoms with van der Waals surface area (Å²) in [5.74, 6) is 1.31. The van der Waals surface area contributed by atoms with E-state index in [1.807, 2.05) is 24.3 Å². The number of carboxylic acid groups (broad SMARTS) is 1. The number of carbonyl (C=O) groups is 1. The third-order valence-corrected chi connectivity index (χ3v) is 7.53. The first-order valence-electron chi connectivity index (χ1n) is 12.3. The molecule has 10 heteroatoms. The van der Waals surface area contributed by atoms with E-state index in [0.29, 0.717) is 28.9 Å². The van der Waals surface area contributed by atoms with Gasteiger partial charge in [-0.2, -0.15) is 0 Å². The number of rotatable bonds is 11. The van der Waals surface area contributed by atoms with Crippen molar-refractivity contribution in [3.8, 4) is 11.5 Å². The highest BCUT2D eigenvalue weighted by Crippen LogP contribution is 2.37. The van der Waals surface area contributed by atoms with E-state index in [1.165, 1.54) is 0 Å². The standard InChI is InChI=1S/C26H34N4O5S/c1-3-4-16-13-21(29-25-22(16)23(27)24(36-25)26(32)33)30-11-9-17(10-12-30)28-14-18(31)15-35-20-7-5-19(34-2)6-8-20/h5-8,13,17-18,28,31H,3-4,9-12,14-15,27H2,1-2H3,(H,32,33). The van der Waals surface area contributed by atoms with E-state index in [2.05, 4.69) is 23.2 Å². The van der Waals surface area contributed by atoms with Crippen LogP contribution in [-0.2, 0) is 6.42 Å². The van der Waals surface area contributed by atoms with Gasteiger partial charge in [0, 0.05) is 31.1 Å². The normalized spacial score (nSPS) is 15.2. The predicted molar refractivity (Wildman–Crippen MR) is 143 cm³/mol. The summed E-state index contributed by atoms with van der Waals surface area (Å²) in [7, 11) is 1.62. The molecule has 9 nitrogen and oxygen atoms in total. The number of nitrogens with two attached hydrogens (primary N) is 1. The van der Waals surface area contributed by atoms with Crippen molar-refractivity contribution < 1.29 is 24.5 Å². The van der Waals surface area contributed by atoms with Gasteiger partial charge in [0.25, 0.3) is 0 Å². The summed E-state index contributed by atoms with van der Waals surface area (Å²) in [6.45, 7) is 4.42. The van der Waals surface area contributed by atoms with E-state index < -0.39 is 12.1 Å². The molecular formula is C26H34N4O5S. The van der Waals surface area contributed by atoms with Crippen LogP contribution in [0.4, 0.5) is 11.5 Å². The predicted octanol–water partition coefficient (Wildman–Crippen LogP) is 3.54. The summed E-state index contributed by atoms with van der Waals surface area (Å²) in [5, 5.41) is 24.1. The fraction of sp³-hybridized carbons (Fsp3) is 0.462. The second kappa shape index (κ2) is 11.8. The monoisotopic (exact) mass is 514 g/mol. The Kier molecular flexibility index (Phi) is 8.50. The molecule has 4 rings (SSSR count). The van der Waals surface area contributed by atoms with Crippen molar-refractivity contribution in [2.75, 3.05) is 44.0 Å². The minimum Gasteiger partial charge on any atom is -0.497 e. The molecule has 0 spiro atoms. The van der Waals surface area contributed by atoms with Crippen LogP contribution in [0.15, 0.2) is 30.3 Å². The minimum absolute atomic E-state index is 0.157. The molecule has 1 saturated heterocycles. The number of nitrogens with zero attached hydrogens (tertiary/aromatic N) is 2. The van der Waals surface area contributed by atoms with Crippen molar-refractivity contribution in [3.05, 3.63) is 40.8 Å². The van der Waals surface area contributed by atoms with E-state index in [1.54, 1.807) is 7.11 Å². The Labute approximate surface area is 214 Å². The Morgan fingerprint density at radius 2 is 1.97 bits per heavy atom. The van der Waals surface area contributed by atoms with Crippen LogP contribution >= 0.6 is 11.3 Å². The highest BCUT2D eigenvalue weighted by atomic mass is 32.1. The van der Waals surface area contributed by atoms with Gasteiger partial charge in [-0.3, -0.25) is 0 Å². The zero-order valence-electron chi connectivity index (χ0n) is 20.7. The van der Waals surface area contributed by atoms with Crippen molar-refractivity contribution in [2.24, 2.45) is 0 Å². The average Bonchev–Trinajstić information content (AvgIpc) is 3.23. The second-order valence-electron chi connectivity index (χ2n) is 9.03. The number of pyridine rings is 1. The molecule has 1 aliphatic rings. The van der Waals surface area contributed by atoms with Gasteiger partial charge in [0.2, 0.25) is 0 Å². The van der Waals surface area contributed by atoms with Crippen LogP contribution < -0.4 is 25.4 Å². The third kappa shape index (κ3) is 6.00. The number of aromatic nitrogens is 1. The van der Waals surface area contributed by atoms with Crippen molar-refractivity contribution in [1.82, 2.24) is 10.3 Å². The number of fused-ring (bicyclic) bond motifs is 1. The van der Waals surface area contributed by atoms with Gasteiger partial charge in [-0.15, -0.1) is 11.3 Å². The number of aryl methyl sites for hydroxylation is 1. The number of anilines is 2. The molecule has 1 unspecified atom stereocenters. The molecule has 0 radical (unpaired) electrons. The first kappa shape index (κ1) is 26.0. The summed E-state index contributed by atoms with van der Waals surface area (Å²) >= 11 is 1.15. The molecule has 3 heterocycles. The Morgan fingerprint density at radius 1 is 1.28 bits per heavy atom. The lowest BCUT2D eigenvalue weighted by molar-refractivity contribution is 0.0703. The molecular weight excluding hydrogens is 480 g/mol. The summed E-state index contributed by atoms with van der Waals surface area (Å²) in [4.78, 5) is 19.5. The number of aromatic carboxylic acids is 1. The van der Waals surface area contributed by atoms with E-state index >= 15 is 0 Å². The number of nitrogen functional groups attached to an aromatic ring is 1. The van der Waals surface area contributed by atoms with Crippen molar-refractivity contribution in [2.45, 2.75) is 44.8 Å². The lowest BCUT2D eigenvalue weighted by Gasteiger charge is -2.34. The fourth-order valence-corrected chi connectivity index (χ4v) is 5.49. The van der Waals surface area contributed by atoms with Gasteiger partial charge in [-0.05, 0) is 55.2 Å². The Morgan fingerprint density at radius 3 is 2.61 bits per heavy atom. The van der Waals surface area contributed by atoms with E-state index in [4.69, 9.17) is 20.2 Å². The van der Waals surface area contributed by atoms with Crippen LogP contribution in [0.2, 0.25) is 0 Å². The number of ether oxygens (including phenoxy) is 2. The van der Waals surface area contributed by atoms with E-state index in [-0.39, 0.29) is 11.5 Å². The van der Waals surface area contributed by atoms with Crippen molar-refractivity contribution in [1.29, 1.82) is 0 Å². The number of methoxy groups -OCH3 is 1. The Balaban J connectivity index is 1.31. The fourth-order valence-electron chi connectivity index (χ4n) is 4.51. The summed E-state index contributed by atoms with van der Waals surface area (Å²) < 4.78 is 10.8. The van der Waals surface area contributed by atoms with Crippen LogP contribution in [0.3, 0.4) is 0 Å². The van der Waals surface area contributed by atoms with E-state index in [9.17, 15) is 15.0 Å². The van der Waals surface area contributed by atoms with Crippen LogP contribution in [0.1, 0.15) is 41.4 Å². The molecule has 1 aromatic carbocycles. The molecule has 0 saturated carbocycles. The Bertz CT molecular complexity index is 1180. The highest BCUT2D eigenvalue weighted by Gasteiger charge is 2.24. The van der Waals surface area contributed by atoms with Crippen molar-refractivity contribution >= 4 is 39.0 Å². The van der Waals surface area contributed by atoms with Gasteiger partial charge < -0.3 is 35.6 Å². The van der Waals surface area contributed by atoms with Gasteiger partial charge in [0.15, 0.2) is 0 Å². The second-order valence-corrected chi connectivity index (χ2v) is 10.0. The topological polar surface area (TPSA) is 130 Å². The van der Waals surface area contributed by atoms with Crippen LogP contribution in [-0.4, -0.2) is 66.7 Å². The number of hydrogen-bond donors (Lipinski definition) is 4. The number of nitrogens with one attached hydrogen (secondary N) is 1. The van der Waals surface area contributed by atoms with Crippen LogP contribution in [0, 0.1) is 0 Å². The third-order valence-electron chi connectivity index (χ3n) is 6.44. The van der Waals surface area contributed by atoms with Gasteiger partial charge in [0.1, 0.15) is 39.7 Å². The molecule has 0 amide bonds. The number of hydrogen-bond acceptors (Lipinski definition) is 9. The molecule has 0 aliphatic carbocycles.